The molecular formula is C24H39N5O4. The SMILES string of the molecule is CC(C(=O)NC(=O)NC12CC3CC(CC(C3)C1)C2)N1CCN(C(=O)CN2CCOCC2)CC1. The highest BCUT2D eigenvalue weighted by Gasteiger charge is 2.51. The van der Waals surface area contributed by atoms with Crippen molar-refractivity contribution >= 4 is 17.8 Å². The number of carbonyl (C=O) groups excluding carboxylic acids is 3. The summed E-state index contributed by atoms with van der Waals surface area (Å²) < 4.78 is 5.35. The number of nitrogens with zero attached hydrogens (tertiary/aromatic N) is 3. The molecule has 4 saturated carbocycles. The average molecular weight is 462 g/mol. The van der Waals surface area contributed by atoms with Gasteiger partial charge < -0.3 is 15.0 Å². The molecule has 0 aromatic rings. The van der Waals surface area contributed by atoms with Crippen LogP contribution in [0.4, 0.5) is 4.79 Å². The molecule has 6 rings (SSSR count). The van der Waals surface area contributed by atoms with Crippen molar-refractivity contribution in [3.63, 3.8) is 0 Å². The van der Waals surface area contributed by atoms with Gasteiger partial charge in [0.2, 0.25) is 11.8 Å². The normalized spacial score (nSPS) is 35.3. The van der Waals surface area contributed by atoms with Gasteiger partial charge in [-0.1, -0.05) is 0 Å². The fourth-order valence-corrected chi connectivity index (χ4v) is 7.33. The molecule has 2 saturated heterocycles. The van der Waals surface area contributed by atoms with Crippen LogP contribution in [-0.4, -0.2) is 103 Å². The van der Waals surface area contributed by atoms with Crippen molar-refractivity contribution in [2.75, 3.05) is 59.0 Å². The first-order valence-corrected chi connectivity index (χ1v) is 12.8. The number of imide groups is 1. The molecule has 2 heterocycles. The molecule has 33 heavy (non-hydrogen) atoms. The van der Waals surface area contributed by atoms with E-state index in [0.29, 0.717) is 45.9 Å². The summed E-state index contributed by atoms with van der Waals surface area (Å²) in [4.78, 5) is 44.2. The molecule has 4 aliphatic carbocycles. The van der Waals surface area contributed by atoms with Crippen molar-refractivity contribution in [2.24, 2.45) is 17.8 Å². The van der Waals surface area contributed by atoms with Crippen LogP contribution in [0.25, 0.3) is 0 Å². The Bertz CT molecular complexity index is 725. The monoisotopic (exact) mass is 461 g/mol. The number of nitrogens with one attached hydrogen (secondary N) is 2. The van der Waals surface area contributed by atoms with Gasteiger partial charge in [0.1, 0.15) is 0 Å². The minimum atomic E-state index is -0.399. The van der Waals surface area contributed by atoms with Gasteiger partial charge in [0.05, 0.1) is 25.8 Å². The molecule has 2 N–H and O–H groups in total. The van der Waals surface area contributed by atoms with E-state index in [2.05, 4.69) is 20.4 Å². The summed E-state index contributed by atoms with van der Waals surface area (Å²) in [6, 6.07) is -0.739. The summed E-state index contributed by atoms with van der Waals surface area (Å²) in [5.74, 6) is 2.12. The van der Waals surface area contributed by atoms with E-state index in [4.69, 9.17) is 4.74 Å². The second-order valence-electron chi connectivity index (χ2n) is 11.1. The van der Waals surface area contributed by atoms with Gasteiger partial charge in [0.15, 0.2) is 0 Å². The van der Waals surface area contributed by atoms with Crippen LogP contribution in [0.2, 0.25) is 0 Å². The zero-order valence-corrected chi connectivity index (χ0v) is 19.9. The predicted octanol–water partition coefficient (Wildman–Crippen LogP) is 0.646. The van der Waals surface area contributed by atoms with Crippen molar-refractivity contribution in [3.8, 4) is 0 Å². The van der Waals surface area contributed by atoms with Crippen LogP contribution < -0.4 is 10.6 Å². The highest BCUT2D eigenvalue weighted by Crippen LogP contribution is 2.55. The number of amides is 4. The first-order chi connectivity index (χ1) is 15.9. The Morgan fingerprint density at radius 2 is 1.48 bits per heavy atom. The highest BCUT2D eigenvalue weighted by atomic mass is 16.5. The maximum absolute atomic E-state index is 12.8. The van der Waals surface area contributed by atoms with Gasteiger partial charge in [-0.2, -0.15) is 0 Å². The van der Waals surface area contributed by atoms with Crippen LogP contribution in [0, 0.1) is 17.8 Å². The molecule has 4 amide bonds. The van der Waals surface area contributed by atoms with Crippen LogP contribution in [0.15, 0.2) is 0 Å². The Morgan fingerprint density at radius 1 is 0.909 bits per heavy atom. The third kappa shape index (κ3) is 5.20. The number of hydrogen-bond acceptors (Lipinski definition) is 6. The van der Waals surface area contributed by atoms with E-state index in [1.165, 1.54) is 19.3 Å². The molecule has 6 fully saturated rings. The summed E-state index contributed by atoms with van der Waals surface area (Å²) in [6.45, 7) is 7.75. The second kappa shape index (κ2) is 9.50. The average Bonchev–Trinajstić information content (AvgIpc) is 2.78. The Morgan fingerprint density at radius 3 is 2.06 bits per heavy atom. The molecule has 6 aliphatic rings. The number of ether oxygens (including phenoxy) is 1. The zero-order valence-electron chi connectivity index (χ0n) is 19.9. The third-order valence-corrected chi connectivity index (χ3v) is 8.71. The summed E-state index contributed by atoms with van der Waals surface area (Å²) >= 11 is 0. The Balaban J connectivity index is 1.06. The lowest BCUT2D eigenvalue weighted by molar-refractivity contribution is -0.136. The molecule has 1 unspecified atom stereocenters. The van der Waals surface area contributed by atoms with Crippen molar-refractivity contribution < 1.29 is 19.1 Å². The van der Waals surface area contributed by atoms with E-state index in [-0.39, 0.29) is 23.4 Å². The number of piperazine rings is 1. The lowest BCUT2D eigenvalue weighted by Crippen LogP contribution is -2.63. The molecule has 4 bridgehead atoms. The van der Waals surface area contributed by atoms with Crippen molar-refractivity contribution in [1.82, 2.24) is 25.3 Å². The Labute approximate surface area is 196 Å². The fraction of sp³-hybridized carbons (Fsp3) is 0.875. The van der Waals surface area contributed by atoms with E-state index in [9.17, 15) is 14.4 Å². The summed E-state index contributed by atoms with van der Waals surface area (Å²) in [6.07, 6.45) is 7.15. The highest BCUT2D eigenvalue weighted by molar-refractivity contribution is 5.97. The number of rotatable bonds is 5. The lowest BCUT2D eigenvalue weighted by atomic mass is 9.53. The molecule has 0 aromatic heterocycles. The first-order valence-electron chi connectivity index (χ1n) is 12.8. The molecule has 0 spiro atoms. The number of morpholine rings is 1. The van der Waals surface area contributed by atoms with Crippen molar-refractivity contribution in [1.29, 1.82) is 0 Å². The van der Waals surface area contributed by atoms with E-state index in [1.807, 2.05) is 11.8 Å². The fourth-order valence-electron chi connectivity index (χ4n) is 7.33. The van der Waals surface area contributed by atoms with Gasteiger partial charge in [-0.3, -0.25) is 24.7 Å². The van der Waals surface area contributed by atoms with Crippen molar-refractivity contribution in [3.05, 3.63) is 0 Å². The molecule has 184 valence electrons. The van der Waals surface area contributed by atoms with Crippen molar-refractivity contribution in [2.45, 2.75) is 57.0 Å². The molecule has 9 nitrogen and oxygen atoms in total. The van der Waals surface area contributed by atoms with Gasteiger partial charge in [-0.15, -0.1) is 0 Å². The van der Waals surface area contributed by atoms with E-state index < -0.39 is 6.04 Å². The molecule has 0 radical (unpaired) electrons. The van der Waals surface area contributed by atoms with Gasteiger partial charge in [0, 0.05) is 44.8 Å². The predicted molar refractivity (Wildman–Crippen MR) is 122 cm³/mol. The van der Waals surface area contributed by atoms with Crippen LogP contribution in [0.5, 0.6) is 0 Å². The largest absolute Gasteiger partial charge is 0.379 e. The van der Waals surface area contributed by atoms with Crippen LogP contribution in [-0.2, 0) is 14.3 Å². The second-order valence-corrected chi connectivity index (χ2v) is 11.1. The Kier molecular flexibility index (Phi) is 6.64. The standard InChI is InChI=1S/C24H39N5O4/c1-17(28-2-4-29(5-3-28)21(30)16-27-6-8-33-9-7-27)22(31)25-23(32)26-24-13-18-10-19(14-24)12-20(11-18)15-24/h17-20H,2-16H2,1H3,(H2,25,26,31,32). The smallest absolute Gasteiger partial charge is 0.321 e. The van der Waals surface area contributed by atoms with Gasteiger partial charge in [0.25, 0.3) is 0 Å². The third-order valence-electron chi connectivity index (χ3n) is 8.71. The lowest BCUT2D eigenvalue weighted by Gasteiger charge is -2.56. The van der Waals surface area contributed by atoms with Crippen LogP contribution in [0.1, 0.15) is 45.4 Å². The summed E-state index contributed by atoms with van der Waals surface area (Å²) in [5, 5.41) is 5.83. The summed E-state index contributed by atoms with van der Waals surface area (Å²) in [7, 11) is 0. The topological polar surface area (TPSA) is 94.2 Å². The summed E-state index contributed by atoms with van der Waals surface area (Å²) in [5.41, 5.74) is -0.102. The van der Waals surface area contributed by atoms with E-state index >= 15 is 0 Å². The molecule has 9 heteroatoms. The van der Waals surface area contributed by atoms with Gasteiger partial charge >= 0.3 is 6.03 Å². The zero-order chi connectivity index (χ0) is 23.0. The van der Waals surface area contributed by atoms with E-state index in [0.717, 1.165) is 50.1 Å². The first kappa shape index (κ1) is 23.1. The van der Waals surface area contributed by atoms with E-state index in [1.54, 1.807) is 0 Å². The van der Waals surface area contributed by atoms with Crippen LogP contribution >= 0.6 is 0 Å². The minimum Gasteiger partial charge on any atom is -0.379 e. The van der Waals surface area contributed by atoms with Crippen LogP contribution in [0.3, 0.4) is 0 Å². The Hall–Kier alpha value is -1.71. The maximum Gasteiger partial charge on any atom is 0.321 e. The minimum absolute atomic E-state index is 0.102. The molecular weight excluding hydrogens is 422 g/mol. The number of hydrogen-bond donors (Lipinski definition) is 2. The van der Waals surface area contributed by atoms with Gasteiger partial charge in [-0.25, -0.2) is 4.79 Å². The van der Waals surface area contributed by atoms with Gasteiger partial charge in [-0.05, 0) is 63.2 Å². The molecule has 0 aromatic carbocycles. The number of urea groups is 1. The number of carbonyl (C=O) groups is 3. The molecule has 1 atom stereocenters. The maximum atomic E-state index is 12.8. The molecule has 2 aliphatic heterocycles. The quantitative estimate of drug-likeness (QED) is 0.624.